The number of phenolic OH excluding ortho intramolecular Hbond substituents is 1. The molecule has 3 N–H and O–H groups in total. The summed E-state index contributed by atoms with van der Waals surface area (Å²) in [6.07, 6.45) is 7.64. The van der Waals surface area contributed by atoms with Crippen molar-refractivity contribution < 1.29 is 9.90 Å². The van der Waals surface area contributed by atoms with E-state index in [1.54, 1.807) is 13.1 Å². The lowest BCUT2D eigenvalue weighted by Gasteiger charge is -2.43. The van der Waals surface area contributed by atoms with Crippen molar-refractivity contribution >= 4 is 17.3 Å². The first kappa shape index (κ1) is 21.3. The summed E-state index contributed by atoms with van der Waals surface area (Å²) in [6, 6.07) is 10.9. The number of carbonyl (C=O) groups is 1. The van der Waals surface area contributed by atoms with Crippen LogP contribution in [0, 0.1) is 0 Å². The predicted octanol–water partition coefficient (Wildman–Crippen LogP) is 3.11. The molecule has 0 spiro atoms. The lowest BCUT2D eigenvalue weighted by atomic mass is 9.83. The maximum absolute atomic E-state index is 11.6. The molecular formula is C24H31N5O2. The van der Waals surface area contributed by atoms with Gasteiger partial charge in [0.25, 0.3) is 0 Å². The average Bonchev–Trinajstić information content (AvgIpc) is 2.78. The Balaban J connectivity index is 1.49. The molecule has 2 bridgehead atoms. The first-order valence-electron chi connectivity index (χ1n) is 11.0. The zero-order valence-corrected chi connectivity index (χ0v) is 18.4. The second kappa shape index (κ2) is 9.06. The number of aromatic hydroxyl groups is 1. The number of piperidine rings is 2. The summed E-state index contributed by atoms with van der Waals surface area (Å²) in [5.74, 6) is 0.793. The van der Waals surface area contributed by atoms with Gasteiger partial charge in [-0.25, -0.2) is 0 Å². The molecule has 0 saturated carbocycles. The molecule has 164 valence electrons. The Morgan fingerprint density at radius 2 is 1.94 bits per heavy atom. The van der Waals surface area contributed by atoms with E-state index in [1.165, 1.54) is 25.3 Å². The Kier molecular flexibility index (Phi) is 6.23. The standard InChI is InChI=1S/C24H31N5O2/c1-15(11-24(31)25-2)16-7-8-20(22(30)12-16)21-9-10-23(28-27-21)29(3)19-13-17-5-4-6-18(14-19)26-17/h7-12,17-19,26,30H,4-6,13-14H2,1-3H3,(H,25,31)/b15-11+/t17-,18+,19?. The van der Waals surface area contributed by atoms with E-state index in [0.717, 1.165) is 29.8 Å². The van der Waals surface area contributed by atoms with E-state index in [2.05, 4.69) is 32.8 Å². The number of hydrogen-bond donors (Lipinski definition) is 3. The fourth-order valence-electron chi connectivity index (χ4n) is 4.74. The van der Waals surface area contributed by atoms with Gasteiger partial charge in [0.15, 0.2) is 5.82 Å². The fourth-order valence-corrected chi connectivity index (χ4v) is 4.74. The summed E-state index contributed by atoms with van der Waals surface area (Å²) in [4.78, 5) is 13.8. The SMILES string of the molecule is CNC(=O)/C=C(\C)c1ccc(-c2ccc(N(C)C3C[C@H]4CCC[C@@H](C3)N4)nn2)c(O)c1. The second-order valence-electron chi connectivity index (χ2n) is 8.68. The molecule has 0 aliphatic carbocycles. The minimum Gasteiger partial charge on any atom is -0.507 e. The highest BCUT2D eigenvalue weighted by molar-refractivity contribution is 5.94. The van der Waals surface area contributed by atoms with Crippen LogP contribution in [0.25, 0.3) is 16.8 Å². The normalized spacial score (nSPS) is 23.3. The Labute approximate surface area is 183 Å². The minimum atomic E-state index is -0.177. The number of hydrogen-bond acceptors (Lipinski definition) is 6. The number of phenols is 1. The van der Waals surface area contributed by atoms with Crippen LogP contribution in [0.2, 0.25) is 0 Å². The van der Waals surface area contributed by atoms with Gasteiger partial charge in [-0.15, -0.1) is 10.2 Å². The number of likely N-dealkylation sites (N-methyl/N-ethyl adjacent to an activating group) is 1. The highest BCUT2D eigenvalue weighted by atomic mass is 16.3. The number of amides is 1. The zero-order chi connectivity index (χ0) is 22.0. The van der Waals surface area contributed by atoms with E-state index in [-0.39, 0.29) is 11.7 Å². The quantitative estimate of drug-likeness (QED) is 0.643. The van der Waals surface area contributed by atoms with Gasteiger partial charge in [0.2, 0.25) is 5.91 Å². The van der Waals surface area contributed by atoms with Crippen LogP contribution in [0.4, 0.5) is 5.82 Å². The van der Waals surface area contributed by atoms with E-state index >= 15 is 0 Å². The van der Waals surface area contributed by atoms with Crippen LogP contribution in [-0.4, -0.2) is 53.4 Å². The lowest BCUT2D eigenvalue weighted by molar-refractivity contribution is -0.116. The Morgan fingerprint density at radius 1 is 1.19 bits per heavy atom. The van der Waals surface area contributed by atoms with Gasteiger partial charge in [-0.1, -0.05) is 12.5 Å². The van der Waals surface area contributed by atoms with Gasteiger partial charge in [0.1, 0.15) is 5.75 Å². The summed E-state index contributed by atoms with van der Waals surface area (Å²) in [5, 5.41) is 25.7. The zero-order valence-electron chi connectivity index (χ0n) is 18.4. The van der Waals surface area contributed by atoms with E-state index in [0.29, 0.717) is 29.4 Å². The van der Waals surface area contributed by atoms with E-state index in [1.807, 2.05) is 31.2 Å². The molecule has 1 aromatic heterocycles. The molecule has 7 nitrogen and oxygen atoms in total. The van der Waals surface area contributed by atoms with Gasteiger partial charge in [-0.3, -0.25) is 4.79 Å². The van der Waals surface area contributed by atoms with Crippen molar-refractivity contribution in [2.45, 2.75) is 57.2 Å². The third kappa shape index (κ3) is 4.71. The molecule has 2 fully saturated rings. The summed E-state index contributed by atoms with van der Waals surface area (Å²) in [6.45, 7) is 1.84. The monoisotopic (exact) mass is 421 g/mol. The topological polar surface area (TPSA) is 90.4 Å². The van der Waals surface area contributed by atoms with Gasteiger partial charge in [-0.2, -0.15) is 0 Å². The molecule has 2 saturated heterocycles. The molecule has 2 aromatic rings. The van der Waals surface area contributed by atoms with Crippen LogP contribution in [0.1, 0.15) is 44.6 Å². The van der Waals surface area contributed by atoms with Crippen molar-refractivity contribution in [2.75, 3.05) is 19.0 Å². The number of nitrogens with zero attached hydrogens (tertiary/aromatic N) is 3. The molecule has 31 heavy (non-hydrogen) atoms. The lowest BCUT2D eigenvalue weighted by Crippen LogP contribution is -2.54. The van der Waals surface area contributed by atoms with Crippen molar-refractivity contribution in [3.63, 3.8) is 0 Å². The Hall–Kier alpha value is -2.93. The number of allylic oxidation sites excluding steroid dienone is 1. The third-order valence-corrected chi connectivity index (χ3v) is 6.57. The molecular weight excluding hydrogens is 390 g/mol. The Bertz CT molecular complexity index is 960. The maximum atomic E-state index is 11.6. The first-order valence-corrected chi connectivity index (χ1v) is 11.0. The van der Waals surface area contributed by atoms with Crippen molar-refractivity contribution in [2.24, 2.45) is 0 Å². The summed E-state index contributed by atoms with van der Waals surface area (Å²) in [5.41, 5.74) is 2.80. The van der Waals surface area contributed by atoms with Gasteiger partial charge in [0.05, 0.1) is 5.69 Å². The van der Waals surface area contributed by atoms with E-state index in [9.17, 15) is 9.90 Å². The smallest absolute Gasteiger partial charge is 0.244 e. The van der Waals surface area contributed by atoms with Crippen LogP contribution >= 0.6 is 0 Å². The van der Waals surface area contributed by atoms with Crippen LogP contribution in [0.3, 0.4) is 0 Å². The molecule has 3 heterocycles. The minimum absolute atomic E-state index is 0.115. The third-order valence-electron chi connectivity index (χ3n) is 6.57. The number of benzene rings is 1. The first-order chi connectivity index (χ1) is 14.9. The summed E-state index contributed by atoms with van der Waals surface area (Å²) in [7, 11) is 3.69. The molecule has 3 atom stereocenters. The largest absolute Gasteiger partial charge is 0.507 e. The predicted molar refractivity (Wildman–Crippen MR) is 123 cm³/mol. The second-order valence-corrected chi connectivity index (χ2v) is 8.68. The van der Waals surface area contributed by atoms with Gasteiger partial charge in [-0.05, 0) is 68.0 Å². The number of carbonyl (C=O) groups excluding carboxylic acids is 1. The molecule has 1 unspecified atom stereocenters. The number of fused-ring (bicyclic) bond motifs is 2. The number of aromatic nitrogens is 2. The van der Waals surface area contributed by atoms with Crippen LogP contribution in [0.5, 0.6) is 5.75 Å². The Morgan fingerprint density at radius 3 is 2.55 bits per heavy atom. The summed E-state index contributed by atoms with van der Waals surface area (Å²) >= 11 is 0. The number of anilines is 1. The average molecular weight is 422 g/mol. The molecule has 7 heteroatoms. The molecule has 2 aliphatic rings. The van der Waals surface area contributed by atoms with E-state index in [4.69, 9.17) is 0 Å². The van der Waals surface area contributed by atoms with Crippen molar-refractivity contribution in [1.82, 2.24) is 20.8 Å². The molecule has 0 radical (unpaired) electrons. The number of rotatable bonds is 5. The molecule has 2 aliphatic heterocycles. The van der Waals surface area contributed by atoms with Crippen LogP contribution < -0.4 is 15.5 Å². The van der Waals surface area contributed by atoms with Crippen molar-refractivity contribution in [3.8, 4) is 17.0 Å². The molecule has 1 aromatic carbocycles. The highest BCUT2D eigenvalue weighted by Crippen LogP contribution is 2.32. The van der Waals surface area contributed by atoms with Gasteiger partial charge >= 0.3 is 0 Å². The van der Waals surface area contributed by atoms with E-state index < -0.39 is 0 Å². The van der Waals surface area contributed by atoms with Gasteiger partial charge < -0.3 is 20.6 Å². The van der Waals surface area contributed by atoms with Crippen LogP contribution in [-0.2, 0) is 4.79 Å². The fraction of sp³-hybridized carbons (Fsp3) is 0.458. The van der Waals surface area contributed by atoms with Gasteiger partial charge in [0, 0.05) is 43.9 Å². The van der Waals surface area contributed by atoms with Crippen molar-refractivity contribution in [3.05, 3.63) is 42.0 Å². The molecule has 4 rings (SSSR count). The van der Waals surface area contributed by atoms with Crippen LogP contribution in [0.15, 0.2) is 36.4 Å². The van der Waals surface area contributed by atoms with Crippen molar-refractivity contribution in [1.29, 1.82) is 0 Å². The highest BCUT2D eigenvalue weighted by Gasteiger charge is 2.33. The number of nitrogens with one attached hydrogen (secondary N) is 2. The summed E-state index contributed by atoms with van der Waals surface area (Å²) < 4.78 is 0. The molecule has 1 amide bonds. The maximum Gasteiger partial charge on any atom is 0.244 e.